The molecular weight excluding hydrogens is 658 g/mol. The number of nitrogens with zero attached hydrogens (tertiary/aromatic N) is 3. The van der Waals surface area contributed by atoms with Crippen molar-refractivity contribution in [2.45, 2.75) is 39.7 Å². The van der Waals surface area contributed by atoms with Gasteiger partial charge < -0.3 is 29.9 Å². The zero-order valence-electron chi connectivity index (χ0n) is 30.6. The number of hydrogen-bond donors (Lipinski definition) is 2. The van der Waals surface area contributed by atoms with E-state index in [9.17, 15) is 19.2 Å². The van der Waals surface area contributed by atoms with Crippen LogP contribution in [-0.2, 0) is 16.0 Å². The number of methoxy groups -OCH3 is 1. The highest BCUT2D eigenvalue weighted by molar-refractivity contribution is 5.97. The summed E-state index contributed by atoms with van der Waals surface area (Å²) in [6.45, 7) is 7.13. The third-order valence-corrected chi connectivity index (χ3v) is 9.50. The number of likely N-dealkylation sites (N-methyl/N-ethyl adjacent to an activating group) is 1. The van der Waals surface area contributed by atoms with Crippen molar-refractivity contribution < 1.29 is 28.7 Å². The molecule has 52 heavy (non-hydrogen) atoms. The van der Waals surface area contributed by atoms with Crippen molar-refractivity contribution in [1.82, 2.24) is 25.4 Å². The van der Waals surface area contributed by atoms with E-state index in [0.717, 1.165) is 10.8 Å². The smallest absolute Gasteiger partial charge is 0.272 e. The molecule has 4 amide bonds. The average molecular weight is 708 g/mol. The summed E-state index contributed by atoms with van der Waals surface area (Å²) >= 11 is 0. The monoisotopic (exact) mass is 707 g/mol. The lowest BCUT2D eigenvalue weighted by molar-refractivity contribution is -0.131. The molecule has 2 saturated heterocycles. The number of benzene rings is 3. The predicted octanol–water partition coefficient (Wildman–Crippen LogP) is 4.99. The van der Waals surface area contributed by atoms with E-state index in [4.69, 9.17) is 9.47 Å². The van der Waals surface area contributed by atoms with Gasteiger partial charge in [-0.1, -0.05) is 67.9 Å². The lowest BCUT2D eigenvalue weighted by Crippen LogP contribution is -2.54. The van der Waals surface area contributed by atoms with Crippen LogP contribution in [-0.4, -0.2) is 91.4 Å². The number of amides is 4. The van der Waals surface area contributed by atoms with Crippen molar-refractivity contribution in [3.05, 3.63) is 102 Å². The van der Waals surface area contributed by atoms with E-state index in [1.54, 1.807) is 40.3 Å². The fraction of sp³-hybridized carbons (Fsp3) is 0.390. The number of likely N-dealkylation sites (tertiary alicyclic amines) is 2. The third kappa shape index (κ3) is 9.25. The normalized spacial score (nSPS) is 17.8. The van der Waals surface area contributed by atoms with Gasteiger partial charge in [-0.25, -0.2) is 0 Å². The number of fused-ring (bicyclic) bond motifs is 2. The van der Waals surface area contributed by atoms with Crippen LogP contribution in [0.25, 0.3) is 10.8 Å². The maximum Gasteiger partial charge on any atom is 0.272 e. The summed E-state index contributed by atoms with van der Waals surface area (Å²) in [7, 11) is 3.03. The predicted molar refractivity (Wildman–Crippen MR) is 200 cm³/mol. The van der Waals surface area contributed by atoms with Gasteiger partial charge >= 0.3 is 0 Å². The number of carbonyl (C=O) groups excluding carboxylic acids is 4. The molecule has 4 aromatic rings. The highest BCUT2D eigenvalue weighted by atomic mass is 16.5. The second-order valence-electron chi connectivity index (χ2n) is 13.5. The summed E-state index contributed by atoms with van der Waals surface area (Å²) in [6.07, 6.45) is 4.06. The highest BCUT2D eigenvalue weighted by Gasteiger charge is 2.48. The molecule has 3 heterocycles. The Labute approximate surface area is 305 Å². The fourth-order valence-electron chi connectivity index (χ4n) is 6.90. The van der Waals surface area contributed by atoms with Crippen molar-refractivity contribution in [3.8, 4) is 11.5 Å². The van der Waals surface area contributed by atoms with Crippen molar-refractivity contribution >= 4 is 34.4 Å². The van der Waals surface area contributed by atoms with Gasteiger partial charge in [-0.15, -0.1) is 0 Å². The second kappa shape index (κ2) is 17.7. The van der Waals surface area contributed by atoms with Crippen LogP contribution in [0, 0.1) is 17.8 Å². The summed E-state index contributed by atoms with van der Waals surface area (Å²) in [5, 5.41) is 7.03. The Kier molecular flexibility index (Phi) is 12.8. The van der Waals surface area contributed by atoms with Gasteiger partial charge in [0.25, 0.3) is 11.8 Å². The summed E-state index contributed by atoms with van der Waals surface area (Å²) in [4.78, 5) is 60.4. The molecule has 11 heteroatoms. The number of piperidine rings is 1. The SMILES string of the molecule is CCCc1ccccc1.CNC(=O)CNC(=O)C1CN(C(=O)c2cc3ccccc3cn2)CC2CN(C(=O)c3ccc(OC(C)C)c(OC)c3)CC21. The lowest BCUT2D eigenvalue weighted by atomic mass is 9.79. The number of aryl methyl sites for hydroxylation is 1. The molecule has 3 aromatic carbocycles. The van der Waals surface area contributed by atoms with E-state index in [1.807, 2.05) is 38.1 Å². The molecule has 274 valence electrons. The lowest BCUT2D eigenvalue weighted by Gasteiger charge is -2.39. The molecular formula is C41H49N5O6. The number of aromatic nitrogens is 1. The van der Waals surface area contributed by atoms with Gasteiger partial charge in [0.1, 0.15) is 5.69 Å². The van der Waals surface area contributed by atoms with Gasteiger partial charge in [0.05, 0.1) is 25.7 Å². The molecule has 0 saturated carbocycles. The van der Waals surface area contributed by atoms with Crippen LogP contribution < -0.4 is 20.1 Å². The van der Waals surface area contributed by atoms with E-state index in [1.165, 1.54) is 32.6 Å². The number of ether oxygens (including phenoxy) is 2. The van der Waals surface area contributed by atoms with Crippen molar-refractivity contribution in [2.24, 2.45) is 17.8 Å². The zero-order valence-corrected chi connectivity index (χ0v) is 30.6. The van der Waals surface area contributed by atoms with Crippen LogP contribution in [0.4, 0.5) is 0 Å². The molecule has 2 N–H and O–H groups in total. The second-order valence-corrected chi connectivity index (χ2v) is 13.5. The molecule has 3 unspecified atom stereocenters. The Balaban J connectivity index is 0.000000507. The Morgan fingerprint density at radius 1 is 0.846 bits per heavy atom. The van der Waals surface area contributed by atoms with Crippen LogP contribution in [0.3, 0.4) is 0 Å². The van der Waals surface area contributed by atoms with Gasteiger partial charge in [-0.05, 0) is 67.3 Å². The maximum absolute atomic E-state index is 13.7. The molecule has 0 aliphatic carbocycles. The number of hydrogen-bond acceptors (Lipinski definition) is 7. The van der Waals surface area contributed by atoms with Gasteiger partial charge in [0.15, 0.2) is 11.5 Å². The summed E-state index contributed by atoms with van der Waals surface area (Å²) in [6, 6.07) is 25.1. The Bertz CT molecular complexity index is 1870. The number of rotatable bonds is 10. The summed E-state index contributed by atoms with van der Waals surface area (Å²) in [5.41, 5.74) is 2.18. The molecule has 1 aromatic heterocycles. The maximum atomic E-state index is 13.7. The first kappa shape index (κ1) is 37.8. The van der Waals surface area contributed by atoms with Gasteiger partial charge in [0.2, 0.25) is 11.8 Å². The van der Waals surface area contributed by atoms with Gasteiger partial charge in [0, 0.05) is 50.4 Å². The van der Waals surface area contributed by atoms with Crippen LogP contribution in [0.15, 0.2) is 85.1 Å². The first-order valence-electron chi connectivity index (χ1n) is 17.9. The van der Waals surface area contributed by atoms with Crippen LogP contribution in [0.5, 0.6) is 11.5 Å². The zero-order chi connectivity index (χ0) is 37.2. The Morgan fingerprint density at radius 2 is 1.54 bits per heavy atom. The molecule has 0 bridgehead atoms. The Hall–Kier alpha value is -5.45. The molecule has 6 rings (SSSR count). The molecule has 3 atom stereocenters. The third-order valence-electron chi connectivity index (χ3n) is 9.50. The molecule has 2 fully saturated rings. The first-order chi connectivity index (χ1) is 25.1. The average Bonchev–Trinajstić information content (AvgIpc) is 3.61. The number of pyridine rings is 1. The van der Waals surface area contributed by atoms with Crippen molar-refractivity contribution in [3.63, 3.8) is 0 Å². The quantitative estimate of drug-likeness (QED) is 0.238. The van der Waals surface area contributed by atoms with Gasteiger partial charge in [-0.2, -0.15) is 0 Å². The Morgan fingerprint density at radius 3 is 2.21 bits per heavy atom. The number of carbonyl (C=O) groups is 4. The van der Waals surface area contributed by atoms with E-state index < -0.39 is 5.92 Å². The van der Waals surface area contributed by atoms with E-state index in [2.05, 4.69) is 52.9 Å². The summed E-state index contributed by atoms with van der Waals surface area (Å²) in [5.74, 6) is -1.04. The first-order valence-corrected chi connectivity index (χ1v) is 17.9. The largest absolute Gasteiger partial charge is 0.493 e. The molecule has 2 aliphatic rings. The van der Waals surface area contributed by atoms with Crippen LogP contribution >= 0.6 is 0 Å². The minimum Gasteiger partial charge on any atom is -0.493 e. The molecule has 2 aliphatic heterocycles. The van der Waals surface area contributed by atoms with Crippen LogP contribution in [0.2, 0.25) is 0 Å². The summed E-state index contributed by atoms with van der Waals surface area (Å²) < 4.78 is 11.3. The highest BCUT2D eigenvalue weighted by Crippen LogP contribution is 2.37. The number of nitrogens with one attached hydrogen (secondary N) is 2. The fourth-order valence-corrected chi connectivity index (χ4v) is 6.90. The van der Waals surface area contributed by atoms with Gasteiger partial charge in [-0.3, -0.25) is 24.2 Å². The van der Waals surface area contributed by atoms with Crippen molar-refractivity contribution in [1.29, 1.82) is 0 Å². The molecule has 0 radical (unpaired) electrons. The standard InChI is InChI=1S/C32H37N5O6.C9H12/c1-19(2)43-27-10-9-21(12-28(27)42-4)31(40)36-15-23-16-37(18-25(24(23)17-36)30(39)35-14-29(38)33-3)32(41)26-11-20-7-5-6-8-22(20)13-34-26;1-2-6-9-7-4-3-5-8-9/h5-13,19,23-25H,14-18H2,1-4H3,(H,33,38)(H,35,39);3-5,7-8H,2,6H2,1H3. The minimum atomic E-state index is -0.609. The van der Waals surface area contributed by atoms with E-state index >= 15 is 0 Å². The van der Waals surface area contributed by atoms with Crippen LogP contribution in [0.1, 0.15) is 53.6 Å². The minimum absolute atomic E-state index is 0.0564. The molecule has 0 spiro atoms. The topological polar surface area (TPSA) is 130 Å². The van der Waals surface area contributed by atoms with E-state index in [0.29, 0.717) is 42.4 Å². The van der Waals surface area contributed by atoms with E-state index in [-0.39, 0.29) is 54.7 Å². The van der Waals surface area contributed by atoms with Crippen molar-refractivity contribution in [2.75, 3.05) is 46.9 Å². The molecule has 11 nitrogen and oxygen atoms in total.